The lowest BCUT2D eigenvalue weighted by Crippen LogP contribution is -2.15. The molecule has 8 nitrogen and oxygen atoms in total. The number of sulfonamides is 1. The molecule has 0 aliphatic heterocycles. The molecule has 0 atom stereocenters. The molecule has 2 heterocycles. The SMILES string of the molecule is Cc1nn(C)c(C)c1S(=O)(=O)Nc1cnc(Oc2ccccc2F)nc1. The van der Waals surface area contributed by atoms with Gasteiger partial charge in [-0.2, -0.15) is 5.10 Å². The van der Waals surface area contributed by atoms with Crippen molar-refractivity contribution < 1.29 is 17.5 Å². The Morgan fingerprint density at radius 3 is 2.38 bits per heavy atom. The zero-order valence-electron chi connectivity index (χ0n) is 14.3. The number of anilines is 1. The van der Waals surface area contributed by atoms with Gasteiger partial charge in [0.15, 0.2) is 11.6 Å². The molecule has 136 valence electrons. The molecule has 3 rings (SSSR count). The van der Waals surface area contributed by atoms with Crippen LogP contribution in [0.5, 0.6) is 11.8 Å². The van der Waals surface area contributed by atoms with E-state index < -0.39 is 15.8 Å². The van der Waals surface area contributed by atoms with E-state index in [9.17, 15) is 12.8 Å². The number of ether oxygens (including phenoxy) is 1. The van der Waals surface area contributed by atoms with Crippen molar-refractivity contribution in [1.82, 2.24) is 19.7 Å². The van der Waals surface area contributed by atoms with Crippen LogP contribution in [0.1, 0.15) is 11.4 Å². The molecule has 1 N–H and O–H groups in total. The van der Waals surface area contributed by atoms with E-state index in [1.54, 1.807) is 27.0 Å². The number of rotatable bonds is 5. The Labute approximate surface area is 149 Å². The molecule has 2 aromatic heterocycles. The van der Waals surface area contributed by atoms with E-state index in [2.05, 4.69) is 19.8 Å². The predicted molar refractivity (Wildman–Crippen MR) is 92.0 cm³/mol. The molecule has 10 heteroatoms. The van der Waals surface area contributed by atoms with Crippen LogP contribution >= 0.6 is 0 Å². The lowest BCUT2D eigenvalue weighted by Gasteiger charge is -2.09. The number of aryl methyl sites for hydroxylation is 2. The second-order valence-electron chi connectivity index (χ2n) is 5.52. The van der Waals surface area contributed by atoms with Crippen molar-refractivity contribution in [2.75, 3.05) is 4.72 Å². The highest BCUT2D eigenvalue weighted by molar-refractivity contribution is 7.92. The predicted octanol–water partition coefficient (Wildman–Crippen LogP) is 2.56. The molecule has 0 radical (unpaired) electrons. The molecule has 0 bridgehead atoms. The Bertz CT molecular complexity index is 1050. The summed E-state index contributed by atoms with van der Waals surface area (Å²) in [6.45, 7) is 3.28. The number of nitrogens with zero attached hydrogens (tertiary/aromatic N) is 4. The zero-order chi connectivity index (χ0) is 18.9. The van der Waals surface area contributed by atoms with Crippen molar-refractivity contribution >= 4 is 15.7 Å². The Kier molecular flexibility index (Phi) is 4.60. The lowest BCUT2D eigenvalue weighted by atomic mass is 10.3. The van der Waals surface area contributed by atoms with Crippen molar-refractivity contribution in [3.8, 4) is 11.8 Å². The second-order valence-corrected chi connectivity index (χ2v) is 7.14. The monoisotopic (exact) mass is 377 g/mol. The zero-order valence-corrected chi connectivity index (χ0v) is 15.1. The fourth-order valence-corrected chi connectivity index (χ4v) is 3.87. The number of nitrogens with one attached hydrogen (secondary N) is 1. The van der Waals surface area contributed by atoms with Gasteiger partial charge in [0.2, 0.25) is 0 Å². The van der Waals surface area contributed by atoms with E-state index in [0.717, 1.165) is 0 Å². The van der Waals surface area contributed by atoms with Crippen LogP contribution in [0.15, 0.2) is 41.6 Å². The normalized spacial score (nSPS) is 11.4. The maximum absolute atomic E-state index is 13.6. The van der Waals surface area contributed by atoms with Crippen molar-refractivity contribution in [2.24, 2.45) is 7.05 Å². The summed E-state index contributed by atoms with van der Waals surface area (Å²) in [7, 11) is -2.18. The van der Waals surface area contributed by atoms with Gasteiger partial charge in [-0.25, -0.2) is 22.8 Å². The molecule has 26 heavy (non-hydrogen) atoms. The molecule has 0 aliphatic carbocycles. The number of benzene rings is 1. The molecule has 0 saturated carbocycles. The molecule has 3 aromatic rings. The largest absolute Gasteiger partial charge is 0.421 e. The van der Waals surface area contributed by atoms with Gasteiger partial charge in [0, 0.05) is 7.05 Å². The summed E-state index contributed by atoms with van der Waals surface area (Å²) in [6.07, 6.45) is 2.48. The minimum Gasteiger partial charge on any atom is -0.421 e. The van der Waals surface area contributed by atoms with Crippen LogP contribution in [-0.4, -0.2) is 28.2 Å². The first-order chi connectivity index (χ1) is 12.3. The molecule has 1 aromatic carbocycles. The number of aromatic nitrogens is 4. The smallest absolute Gasteiger partial charge is 0.322 e. The average Bonchev–Trinajstić information content (AvgIpc) is 2.84. The number of para-hydroxylation sites is 1. The fourth-order valence-electron chi connectivity index (χ4n) is 2.40. The van der Waals surface area contributed by atoms with E-state index in [4.69, 9.17) is 4.74 Å². The Balaban J connectivity index is 1.80. The number of halogens is 1. The quantitative estimate of drug-likeness (QED) is 0.734. The van der Waals surface area contributed by atoms with Crippen LogP contribution in [0.4, 0.5) is 10.1 Å². The molecular formula is C16H16FN5O3S. The first-order valence-corrected chi connectivity index (χ1v) is 9.03. The molecule has 0 unspecified atom stereocenters. The van der Waals surface area contributed by atoms with Gasteiger partial charge < -0.3 is 4.74 Å². The van der Waals surface area contributed by atoms with Gasteiger partial charge in [-0.1, -0.05) is 12.1 Å². The molecule has 0 saturated heterocycles. The Hall–Kier alpha value is -3.01. The highest BCUT2D eigenvalue weighted by Crippen LogP contribution is 2.24. The van der Waals surface area contributed by atoms with E-state index in [-0.39, 0.29) is 22.3 Å². The third kappa shape index (κ3) is 3.49. The van der Waals surface area contributed by atoms with Crippen molar-refractivity contribution in [3.05, 3.63) is 53.9 Å². The van der Waals surface area contributed by atoms with E-state index in [1.807, 2.05) is 0 Å². The average molecular weight is 377 g/mol. The second kappa shape index (κ2) is 6.71. The third-order valence-electron chi connectivity index (χ3n) is 3.63. The van der Waals surface area contributed by atoms with Gasteiger partial charge in [-0.05, 0) is 26.0 Å². The van der Waals surface area contributed by atoms with Crippen LogP contribution in [-0.2, 0) is 17.1 Å². The molecular weight excluding hydrogens is 361 g/mol. The number of hydrogen-bond acceptors (Lipinski definition) is 6. The molecule has 0 fully saturated rings. The van der Waals surface area contributed by atoms with Crippen LogP contribution in [0.3, 0.4) is 0 Å². The van der Waals surface area contributed by atoms with Gasteiger partial charge in [0.25, 0.3) is 10.0 Å². The molecule has 0 amide bonds. The maximum Gasteiger partial charge on any atom is 0.322 e. The topological polar surface area (TPSA) is 99.0 Å². The van der Waals surface area contributed by atoms with Gasteiger partial charge in [-0.15, -0.1) is 0 Å². The van der Waals surface area contributed by atoms with Crippen LogP contribution in [0, 0.1) is 19.7 Å². The summed E-state index contributed by atoms with van der Waals surface area (Å²) in [5.41, 5.74) is 1.04. The van der Waals surface area contributed by atoms with Crippen LogP contribution in [0.2, 0.25) is 0 Å². The minimum absolute atomic E-state index is 0.0255. The van der Waals surface area contributed by atoms with Gasteiger partial charge in [-0.3, -0.25) is 9.40 Å². The standard InChI is InChI=1S/C16H16FN5O3S/c1-10-15(11(2)22(3)20-10)26(23,24)21-12-8-18-16(19-9-12)25-14-7-5-4-6-13(14)17/h4-9,21H,1-3H3. The lowest BCUT2D eigenvalue weighted by molar-refractivity contribution is 0.411. The Morgan fingerprint density at radius 2 is 1.81 bits per heavy atom. The summed E-state index contributed by atoms with van der Waals surface area (Å²) in [4.78, 5) is 7.89. The van der Waals surface area contributed by atoms with Gasteiger partial charge in [0.05, 0.1) is 29.5 Å². The van der Waals surface area contributed by atoms with Gasteiger partial charge in [0.1, 0.15) is 4.90 Å². The van der Waals surface area contributed by atoms with E-state index >= 15 is 0 Å². The van der Waals surface area contributed by atoms with E-state index in [1.165, 1.54) is 35.3 Å². The van der Waals surface area contributed by atoms with Crippen molar-refractivity contribution in [3.63, 3.8) is 0 Å². The first kappa shape index (κ1) is 17.8. The molecule has 0 aliphatic rings. The third-order valence-corrected chi connectivity index (χ3v) is 5.26. The summed E-state index contributed by atoms with van der Waals surface area (Å²) in [5, 5.41) is 4.10. The molecule has 0 spiro atoms. The minimum atomic E-state index is -3.85. The summed E-state index contributed by atoms with van der Waals surface area (Å²) in [6, 6.07) is 5.72. The van der Waals surface area contributed by atoms with E-state index in [0.29, 0.717) is 11.4 Å². The van der Waals surface area contributed by atoms with Crippen molar-refractivity contribution in [1.29, 1.82) is 0 Å². The summed E-state index contributed by atoms with van der Waals surface area (Å²) < 4.78 is 47.8. The van der Waals surface area contributed by atoms with Crippen LogP contribution < -0.4 is 9.46 Å². The summed E-state index contributed by atoms with van der Waals surface area (Å²) in [5.74, 6) is -0.578. The highest BCUT2D eigenvalue weighted by Gasteiger charge is 2.24. The first-order valence-electron chi connectivity index (χ1n) is 7.55. The fraction of sp³-hybridized carbons (Fsp3) is 0.188. The number of hydrogen-bond donors (Lipinski definition) is 1. The summed E-state index contributed by atoms with van der Waals surface area (Å²) >= 11 is 0. The highest BCUT2D eigenvalue weighted by atomic mass is 32.2. The Morgan fingerprint density at radius 1 is 1.15 bits per heavy atom. The van der Waals surface area contributed by atoms with Gasteiger partial charge >= 0.3 is 6.01 Å². The van der Waals surface area contributed by atoms with Crippen LogP contribution in [0.25, 0.3) is 0 Å². The maximum atomic E-state index is 13.6. The van der Waals surface area contributed by atoms with Crippen molar-refractivity contribution in [2.45, 2.75) is 18.7 Å².